The molecule has 0 saturated carbocycles. The maximum Gasteiger partial charge on any atom is 0.433 e. The molecule has 188 valence electrons. The molecule has 0 spiro atoms. The van der Waals surface area contributed by atoms with E-state index in [4.69, 9.17) is 5.11 Å². The van der Waals surface area contributed by atoms with Gasteiger partial charge in [-0.05, 0) is 71.0 Å². The molecule has 0 fully saturated rings. The summed E-state index contributed by atoms with van der Waals surface area (Å²) in [5.74, 6) is -1.31. The minimum atomic E-state index is -4.63. The lowest BCUT2D eigenvalue weighted by molar-refractivity contribution is -0.141. The molecular formula is C29H23F3N2O3. The third kappa shape index (κ3) is 5.91. The number of carboxylic acids is 1. The van der Waals surface area contributed by atoms with E-state index in [1.807, 2.05) is 55.5 Å². The molecule has 1 heterocycles. The number of alkyl halides is 3. The fourth-order valence-electron chi connectivity index (χ4n) is 4.41. The number of hydrogen-bond acceptors (Lipinski definition) is 4. The van der Waals surface area contributed by atoms with Crippen LogP contribution in [0.2, 0.25) is 0 Å². The number of rotatable bonds is 8. The fourth-order valence-corrected chi connectivity index (χ4v) is 4.41. The summed E-state index contributed by atoms with van der Waals surface area (Å²) in [5.41, 5.74) is 3.80. The van der Waals surface area contributed by atoms with Gasteiger partial charge in [0.2, 0.25) is 0 Å². The SMILES string of the molecule is Cc1ccccc1C(CC(N=O)c1ccnc(C(F)(F)F)c1)c1ccc(-c2ccc(C(=O)O)cc2)cc1. The monoisotopic (exact) mass is 504 g/mol. The van der Waals surface area contributed by atoms with Crippen molar-refractivity contribution in [3.63, 3.8) is 0 Å². The van der Waals surface area contributed by atoms with Gasteiger partial charge in [-0.2, -0.15) is 18.1 Å². The van der Waals surface area contributed by atoms with Crippen molar-refractivity contribution in [3.05, 3.63) is 130 Å². The van der Waals surface area contributed by atoms with Gasteiger partial charge < -0.3 is 5.11 Å². The molecule has 2 unspecified atom stereocenters. The van der Waals surface area contributed by atoms with E-state index in [9.17, 15) is 22.9 Å². The second-order valence-corrected chi connectivity index (χ2v) is 8.74. The van der Waals surface area contributed by atoms with E-state index < -0.39 is 23.9 Å². The van der Waals surface area contributed by atoms with Gasteiger partial charge in [0, 0.05) is 12.1 Å². The van der Waals surface area contributed by atoms with Gasteiger partial charge in [-0.1, -0.05) is 65.8 Å². The third-order valence-electron chi connectivity index (χ3n) is 6.39. The van der Waals surface area contributed by atoms with Crippen molar-refractivity contribution in [1.29, 1.82) is 0 Å². The number of aromatic nitrogens is 1. The van der Waals surface area contributed by atoms with Crippen molar-refractivity contribution < 1.29 is 23.1 Å². The van der Waals surface area contributed by atoms with Crippen molar-refractivity contribution in [3.8, 4) is 11.1 Å². The van der Waals surface area contributed by atoms with Crippen LogP contribution in [0.5, 0.6) is 0 Å². The van der Waals surface area contributed by atoms with Crippen molar-refractivity contribution in [2.75, 3.05) is 0 Å². The molecule has 0 saturated heterocycles. The van der Waals surface area contributed by atoms with Gasteiger partial charge in [-0.15, -0.1) is 0 Å². The summed E-state index contributed by atoms with van der Waals surface area (Å²) >= 11 is 0. The Morgan fingerprint density at radius 2 is 1.54 bits per heavy atom. The number of aromatic carboxylic acids is 1. The highest BCUT2D eigenvalue weighted by Crippen LogP contribution is 2.39. The van der Waals surface area contributed by atoms with E-state index >= 15 is 0 Å². The number of carboxylic acid groups (broad SMARTS) is 1. The standard InChI is InChI=1S/C29H23F3N2O3/c1-18-4-2-3-5-24(18)25(17-26(34-37)23-14-15-33-27(16-23)29(30,31)32)21-10-6-19(7-11-21)20-8-12-22(13-9-20)28(35)36/h2-16,25-26H,17H2,1H3,(H,35,36). The van der Waals surface area contributed by atoms with Gasteiger partial charge in [0.25, 0.3) is 0 Å². The largest absolute Gasteiger partial charge is 0.478 e. The predicted molar refractivity (Wildman–Crippen MR) is 134 cm³/mol. The normalized spacial score (nSPS) is 13.1. The molecule has 0 aliphatic rings. The summed E-state index contributed by atoms with van der Waals surface area (Å²) in [4.78, 5) is 26.4. The lowest BCUT2D eigenvalue weighted by Crippen LogP contribution is -2.11. The first-order chi connectivity index (χ1) is 17.7. The molecule has 0 aliphatic heterocycles. The van der Waals surface area contributed by atoms with Gasteiger partial charge in [-0.3, -0.25) is 4.98 Å². The van der Waals surface area contributed by atoms with Crippen LogP contribution in [0.1, 0.15) is 56.7 Å². The molecule has 4 aromatic rings. The Bertz CT molecular complexity index is 1400. The zero-order valence-electron chi connectivity index (χ0n) is 19.8. The van der Waals surface area contributed by atoms with Crippen molar-refractivity contribution in [1.82, 2.24) is 4.98 Å². The molecule has 2 atom stereocenters. The third-order valence-corrected chi connectivity index (χ3v) is 6.39. The first kappa shape index (κ1) is 25.8. The van der Waals surface area contributed by atoms with Gasteiger partial charge >= 0.3 is 12.1 Å². The summed E-state index contributed by atoms with van der Waals surface area (Å²) in [7, 11) is 0. The average molecular weight is 505 g/mol. The molecule has 1 N–H and O–H groups in total. The maximum absolute atomic E-state index is 13.2. The maximum atomic E-state index is 13.2. The number of pyridine rings is 1. The first-order valence-electron chi connectivity index (χ1n) is 11.5. The van der Waals surface area contributed by atoms with Crippen molar-refractivity contribution in [2.24, 2.45) is 5.18 Å². The Morgan fingerprint density at radius 1 is 0.919 bits per heavy atom. The molecule has 37 heavy (non-hydrogen) atoms. The quantitative estimate of drug-likeness (QED) is 0.248. The Balaban J connectivity index is 1.69. The summed E-state index contributed by atoms with van der Waals surface area (Å²) < 4.78 is 39.7. The molecule has 5 nitrogen and oxygen atoms in total. The number of carbonyl (C=O) groups is 1. The van der Waals surface area contributed by atoms with E-state index in [-0.39, 0.29) is 23.5 Å². The second-order valence-electron chi connectivity index (χ2n) is 8.74. The van der Waals surface area contributed by atoms with Crippen LogP contribution in [-0.2, 0) is 6.18 Å². The summed E-state index contributed by atoms with van der Waals surface area (Å²) in [6.45, 7) is 1.94. The zero-order valence-corrected chi connectivity index (χ0v) is 19.8. The Morgan fingerprint density at radius 3 is 2.11 bits per heavy atom. The van der Waals surface area contributed by atoms with E-state index in [2.05, 4.69) is 10.2 Å². The van der Waals surface area contributed by atoms with Crippen LogP contribution in [0.25, 0.3) is 11.1 Å². The summed E-state index contributed by atoms with van der Waals surface area (Å²) in [5, 5.41) is 12.3. The van der Waals surface area contributed by atoms with Crippen LogP contribution in [0.15, 0.2) is 96.3 Å². The molecule has 0 aliphatic carbocycles. The number of hydrogen-bond donors (Lipinski definition) is 1. The summed E-state index contributed by atoms with van der Waals surface area (Å²) in [6.07, 6.45) is -3.41. The first-order valence-corrected chi connectivity index (χ1v) is 11.5. The smallest absolute Gasteiger partial charge is 0.433 e. The molecule has 3 aromatic carbocycles. The molecular weight excluding hydrogens is 481 g/mol. The summed E-state index contributed by atoms with van der Waals surface area (Å²) in [6, 6.07) is 23.0. The topological polar surface area (TPSA) is 79.6 Å². The van der Waals surface area contributed by atoms with Crippen LogP contribution < -0.4 is 0 Å². The Kier molecular flexibility index (Phi) is 7.47. The number of halogens is 3. The fraction of sp³-hybridized carbons (Fsp3) is 0.172. The lowest BCUT2D eigenvalue weighted by atomic mass is 9.82. The molecule has 8 heteroatoms. The number of aryl methyl sites for hydroxylation is 1. The molecule has 0 bridgehead atoms. The van der Waals surface area contributed by atoms with Gasteiger partial charge in [0.05, 0.1) is 5.56 Å². The average Bonchev–Trinajstić information content (AvgIpc) is 2.90. The Labute approximate surface area is 211 Å². The highest BCUT2D eigenvalue weighted by Gasteiger charge is 2.33. The van der Waals surface area contributed by atoms with Gasteiger partial charge in [0.15, 0.2) is 0 Å². The van der Waals surface area contributed by atoms with Crippen LogP contribution in [0, 0.1) is 11.8 Å². The van der Waals surface area contributed by atoms with Crippen LogP contribution >= 0.6 is 0 Å². The molecule has 0 radical (unpaired) electrons. The second kappa shape index (κ2) is 10.7. The van der Waals surface area contributed by atoms with Crippen LogP contribution in [-0.4, -0.2) is 16.1 Å². The highest BCUT2D eigenvalue weighted by atomic mass is 19.4. The van der Waals surface area contributed by atoms with E-state index in [0.29, 0.717) is 0 Å². The number of benzene rings is 3. The Hall–Kier alpha value is -4.33. The van der Waals surface area contributed by atoms with Crippen molar-refractivity contribution in [2.45, 2.75) is 31.5 Å². The minimum Gasteiger partial charge on any atom is -0.478 e. The van der Waals surface area contributed by atoms with Gasteiger partial charge in [-0.25, -0.2) is 4.79 Å². The van der Waals surface area contributed by atoms with E-state index in [1.165, 1.54) is 18.2 Å². The van der Waals surface area contributed by atoms with Crippen LogP contribution in [0.4, 0.5) is 13.2 Å². The van der Waals surface area contributed by atoms with E-state index in [1.54, 1.807) is 12.1 Å². The van der Waals surface area contributed by atoms with Gasteiger partial charge in [0.1, 0.15) is 11.7 Å². The number of nitroso groups, excluding NO2 is 1. The predicted octanol–water partition coefficient (Wildman–Crippen LogP) is 7.80. The highest BCUT2D eigenvalue weighted by molar-refractivity contribution is 5.88. The zero-order chi connectivity index (χ0) is 26.6. The van der Waals surface area contributed by atoms with Crippen molar-refractivity contribution >= 4 is 5.97 Å². The molecule has 4 rings (SSSR count). The number of nitrogens with zero attached hydrogens (tertiary/aromatic N) is 2. The lowest BCUT2D eigenvalue weighted by Gasteiger charge is -2.23. The minimum absolute atomic E-state index is 0.158. The van der Waals surface area contributed by atoms with E-state index in [0.717, 1.165) is 40.1 Å². The molecule has 1 aromatic heterocycles. The molecule has 0 amide bonds. The van der Waals surface area contributed by atoms with Crippen LogP contribution in [0.3, 0.4) is 0 Å².